The summed E-state index contributed by atoms with van der Waals surface area (Å²) in [7, 11) is 0. The third kappa shape index (κ3) is 2.76. The molecule has 1 rings (SSSR count). The van der Waals surface area contributed by atoms with Crippen LogP contribution in [0.15, 0.2) is 9.98 Å². The van der Waals surface area contributed by atoms with Gasteiger partial charge >= 0.3 is 5.97 Å². The molecule has 1 aliphatic heterocycles. The van der Waals surface area contributed by atoms with Crippen LogP contribution in [-0.2, 0) is 14.3 Å². The lowest BCUT2D eigenvalue weighted by atomic mass is 9.84. The Kier molecular flexibility index (Phi) is 4.59. The van der Waals surface area contributed by atoms with E-state index in [1.807, 2.05) is 6.92 Å². The Morgan fingerprint density at radius 3 is 2.61 bits per heavy atom. The number of amidine groups is 1. The minimum absolute atomic E-state index is 0.213. The number of aliphatic hydroxyl groups is 1. The number of carbonyl (C=O) groups excluding carboxylic acids is 1. The first kappa shape index (κ1) is 14.8. The van der Waals surface area contributed by atoms with Gasteiger partial charge in [-0.1, -0.05) is 0 Å². The average molecular weight is 256 g/mol. The molecule has 0 aromatic carbocycles. The predicted molar refractivity (Wildman–Crippen MR) is 68.1 cm³/mol. The Morgan fingerprint density at radius 1 is 1.44 bits per heavy atom. The Labute approximate surface area is 107 Å². The van der Waals surface area contributed by atoms with Gasteiger partial charge in [-0.2, -0.15) is 0 Å². The van der Waals surface area contributed by atoms with E-state index in [9.17, 15) is 9.90 Å². The maximum absolute atomic E-state index is 12.0. The van der Waals surface area contributed by atoms with E-state index in [1.165, 1.54) is 20.1 Å². The fourth-order valence-corrected chi connectivity index (χ4v) is 1.58. The zero-order chi connectivity index (χ0) is 13.8. The van der Waals surface area contributed by atoms with Crippen molar-refractivity contribution in [1.29, 1.82) is 0 Å². The summed E-state index contributed by atoms with van der Waals surface area (Å²) in [6.45, 7) is 7.53. The van der Waals surface area contributed by atoms with Crippen LogP contribution in [0.2, 0.25) is 0 Å². The average Bonchev–Trinajstić information content (AvgIpc) is 2.71. The summed E-state index contributed by atoms with van der Waals surface area (Å²) >= 11 is 0. The molecule has 0 aromatic rings. The fraction of sp³-hybridized carbons (Fsp3) is 0.750. The molecule has 1 aliphatic rings. The molecule has 0 saturated carbocycles. The van der Waals surface area contributed by atoms with Crippen LogP contribution < -0.4 is 0 Å². The number of ether oxygens (including phenoxy) is 2. The van der Waals surface area contributed by atoms with Gasteiger partial charge in [-0.3, -0.25) is 0 Å². The number of carbonyl (C=O) groups is 1. The molecule has 0 aliphatic carbocycles. The molecule has 1 unspecified atom stereocenters. The molecular formula is C12H20N2O4. The van der Waals surface area contributed by atoms with Crippen LogP contribution in [0.4, 0.5) is 0 Å². The molecule has 0 radical (unpaired) electrons. The number of hydrogen-bond acceptors (Lipinski definition) is 6. The smallest absolute Gasteiger partial charge is 0.342 e. The first-order chi connectivity index (χ1) is 8.37. The molecule has 0 amide bonds. The minimum atomic E-state index is -1.48. The molecule has 18 heavy (non-hydrogen) atoms. The maximum atomic E-state index is 12.0. The van der Waals surface area contributed by atoms with Crippen molar-refractivity contribution >= 4 is 18.0 Å². The van der Waals surface area contributed by atoms with E-state index in [0.717, 1.165) is 0 Å². The van der Waals surface area contributed by atoms with Crippen molar-refractivity contribution < 1.29 is 19.4 Å². The molecular weight excluding hydrogens is 236 g/mol. The van der Waals surface area contributed by atoms with Gasteiger partial charge in [0.05, 0.1) is 6.61 Å². The number of hydrogen-bond donors (Lipinski definition) is 1. The summed E-state index contributed by atoms with van der Waals surface area (Å²) in [5.41, 5.74) is -2.87. The summed E-state index contributed by atoms with van der Waals surface area (Å²) in [4.78, 5) is 20.2. The first-order valence-electron chi connectivity index (χ1n) is 5.98. The minimum Gasteiger partial charge on any atom is -0.464 e. The number of esters is 1. The van der Waals surface area contributed by atoms with Crippen LogP contribution in [0.25, 0.3) is 0 Å². The van der Waals surface area contributed by atoms with Gasteiger partial charge in [0.2, 0.25) is 5.54 Å². The topological polar surface area (TPSA) is 80.5 Å². The van der Waals surface area contributed by atoms with Crippen molar-refractivity contribution in [2.24, 2.45) is 9.98 Å². The van der Waals surface area contributed by atoms with Gasteiger partial charge in [-0.15, -0.1) is 0 Å². The number of nitrogens with zero attached hydrogens (tertiary/aromatic N) is 2. The Balaban J connectivity index is 3.00. The normalized spacial score (nSPS) is 23.1. The second kappa shape index (κ2) is 5.58. The molecule has 102 valence electrons. The largest absolute Gasteiger partial charge is 0.464 e. The highest BCUT2D eigenvalue weighted by molar-refractivity contribution is 6.11. The molecule has 0 spiro atoms. The molecule has 6 heteroatoms. The molecule has 0 saturated heterocycles. The predicted octanol–water partition coefficient (Wildman–Crippen LogP) is 0.579. The molecule has 1 N–H and O–H groups in total. The highest BCUT2D eigenvalue weighted by atomic mass is 16.5. The van der Waals surface area contributed by atoms with Crippen LogP contribution in [0.3, 0.4) is 0 Å². The molecule has 0 fully saturated rings. The Morgan fingerprint density at radius 2 is 2.11 bits per heavy atom. The summed E-state index contributed by atoms with van der Waals surface area (Å²) in [5.74, 6) is -0.222. The molecule has 1 heterocycles. The van der Waals surface area contributed by atoms with Crippen LogP contribution >= 0.6 is 0 Å². The van der Waals surface area contributed by atoms with E-state index in [0.29, 0.717) is 12.4 Å². The van der Waals surface area contributed by atoms with Crippen LogP contribution in [0.5, 0.6) is 0 Å². The van der Waals surface area contributed by atoms with Crippen LogP contribution in [0, 0.1) is 0 Å². The number of rotatable bonds is 6. The highest BCUT2D eigenvalue weighted by Crippen LogP contribution is 2.29. The van der Waals surface area contributed by atoms with Crippen molar-refractivity contribution in [3.8, 4) is 0 Å². The van der Waals surface area contributed by atoms with Crippen LogP contribution in [0.1, 0.15) is 27.7 Å². The monoisotopic (exact) mass is 256 g/mol. The van der Waals surface area contributed by atoms with Crippen molar-refractivity contribution in [3.63, 3.8) is 0 Å². The molecule has 1 atom stereocenters. The number of aliphatic imine (C=N–C) groups is 2. The van der Waals surface area contributed by atoms with Gasteiger partial charge in [0.15, 0.2) is 5.84 Å². The lowest BCUT2D eigenvalue weighted by molar-refractivity contribution is -0.153. The summed E-state index contributed by atoms with van der Waals surface area (Å²) < 4.78 is 10.2. The lowest BCUT2D eigenvalue weighted by Gasteiger charge is -2.32. The van der Waals surface area contributed by atoms with E-state index in [2.05, 4.69) is 9.98 Å². The maximum Gasteiger partial charge on any atom is 0.342 e. The second-order valence-electron chi connectivity index (χ2n) is 4.47. The quantitative estimate of drug-likeness (QED) is 0.705. The molecule has 6 nitrogen and oxygen atoms in total. The SMILES string of the molecule is CCOCC1=NC(C(=O)OCC)(C(C)(C)O)C=N1. The third-order valence-electron chi connectivity index (χ3n) is 2.66. The van der Waals surface area contributed by atoms with Gasteiger partial charge in [-0.25, -0.2) is 14.8 Å². The van der Waals surface area contributed by atoms with Gasteiger partial charge in [0.25, 0.3) is 0 Å². The lowest BCUT2D eigenvalue weighted by Crippen LogP contribution is -2.56. The van der Waals surface area contributed by atoms with E-state index in [-0.39, 0.29) is 13.2 Å². The zero-order valence-corrected chi connectivity index (χ0v) is 11.3. The summed E-state index contributed by atoms with van der Waals surface area (Å²) in [6, 6.07) is 0. The van der Waals surface area contributed by atoms with Gasteiger partial charge < -0.3 is 14.6 Å². The van der Waals surface area contributed by atoms with Gasteiger partial charge in [0.1, 0.15) is 12.2 Å². The second-order valence-corrected chi connectivity index (χ2v) is 4.47. The van der Waals surface area contributed by atoms with E-state index < -0.39 is 17.1 Å². The van der Waals surface area contributed by atoms with Crippen molar-refractivity contribution in [2.45, 2.75) is 38.8 Å². The summed E-state index contributed by atoms with van der Waals surface area (Å²) in [6.07, 6.45) is 1.33. The Bertz CT molecular complexity index is 371. The van der Waals surface area contributed by atoms with E-state index >= 15 is 0 Å². The summed E-state index contributed by atoms with van der Waals surface area (Å²) in [5, 5.41) is 10.2. The van der Waals surface area contributed by atoms with Crippen LogP contribution in [-0.4, -0.2) is 54.1 Å². The molecule has 0 bridgehead atoms. The van der Waals surface area contributed by atoms with Gasteiger partial charge in [0, 0.05) is 12.8 Å². The first-order valence-corrected chi connectivity index (χ1v) is 5.98. The van der Waals surface area contributed by atoms with Crippen molar-refractivity contribution in [1.82, 2.24) is 0 Å². The molecule has 0 aromatic heterocycles. The van der Waals surface area contributed by atoms with Crippen molar-refractivity contribution in [3.05, 3.63) is 0 Å². The highest BCUT2D eigenvalue weighted by Gasteiger charge is 2.53. The Hall–Kier alpha value is -1.27. The zero-order valence-electron chi connectivity index (χ0n) is 11.3. The standard InChI is InChI=1S/C12H20N2O4/c1-5-17-7-9-13-8-12(14-9,11(3,4)16)10(15)18-6-2/h8,16H,5-7H2,1-4H3. The fourth-order valence-electron chi connectivity index (χ4n) is 1.58. The van der Waals surface area contributed by atoms with Crippen molar-refractivity contribution in [2.75, 3.05) is 19.8 Å². The van der Waals surface area contributed by atoms with E-state index in [4.69, 9.17) is 9.47 Å². The van der Waals surface area contributed by atoms with E-state index in [1.54, 1.807) is 6.92 Å². The third-order valence-corrected chi connectivity index (χ3v) is 2.66. The van der Waals surface area contributed by atoms with Gasteiger partial charge in [-0.05, 0) is 27.7 Å².